The monoisotopic (exact) mass is 351 g/mol. The van der Waals surface area contributed by atoms with E-state index < -0.39 is 27.4 Å². The molecule has 1 aromatic carbocycles. The van der Waals surface area contributed by atoms with Crippen LogP contribution in [0.1, 0.15) is 5.56 Å². The topological polar surface area (TPSA) is 43.1 Å². The van der Waals surface area contributed by atoms with Crippen molar-refractivity contribution in [3.8, 4) is 0 Å². The zero-order valence-electron chi connectivity index (χ0n) is 6.81. The summed E-state index contributed by atoms with van der Waals surface area (Å²) in [6.45, 7) is 0. The number of hydrogen-bond donors (Lipinski definition) is 0. The van der Waals surface area contributed by atoms with Crippen molar-refractivity contribution in [1.29, 1.82) is 0 Å². The SMILES string of the molecule is O=[N+]([O-])c1ccc(C(F)(F)F)c(I)c1Cl. The molecule has 0 radical (unpaired) electrons. The van der Waals surface area contributed by atoms with Crippen LogP contribution in [-0.2, 0) is 6.18 Å². The molecule has 0 bridgehead atoms. The predicted molar refractivity (Wildman–Crippen MR) is 55.8 cm³/mol. The van der Waals surface area contributed by atoms with Gasteiger partial charge in [0.05, 0.1) is 14.1 Å². The molecule has 0 aromatic heterocycles. The van der Waals surface area contributed by atoms with Crippen LogP contribution in [0, 0.1) is 13.7 Å². The van der Waals surface area contributed by atoms with Crippen LogP contribution in [-0.4, -0.2) is 4.92 Å². The first-order valence-electron chi connectivity index (χ1n) is 3.44. The molecule has 0 spiro atoms. The van der Waals surface area contributed by atoms with E-state index in [4.69, 9.17) is 11.6 Å². The second-order valence-electron chi connectivity index (χ2n) is 2.52. The van der Waals surface area contributed by atoms with Crippen molar-refractivity contribution in [2.45, 2.75) is 6.18 Å². The first-order valence-corrected chi connectivity index (χ1v) is 4.90. The van der Waals surface area contributed by atoms with Crippen molar-refractivity contribution in [1.82, 2.24) is 0 Å². The van der Waals surface area contributed by atoms with Crippen LogP contribution in [0.5, 0.6) is 0 Å². The molecule has 0 aliphatic heterocycles. The molecule has 0 saturated carbocycles. The number of nitro benzene ring substituents is 1. The molecule has 0 fully saturated rings. The molecule has 0 aliphatic carbocycles. The number of hydrogen-bond acceptors (Lipinski definition) is 2. The van der Waals surface area contributed by atoms with Gasteiger partial charge in [-0.2, -0.15) is 13.2 Å². The Bertz CT molecular complexity index is 421. The fourth-order valence-electron chi connectivity index (χ4n) is 0.899. The van der Waals surface area contributed by atoms with Crippen LogP contribution in [0.25, 0.3) is 0 Å². The Morgan fingerprint density at radius 2 is 1.93 bits per heavy atom. The Kier molecular flexibility index (Phi) is 3.44. The second kappa shape index (κ2) is 4.12. The summed E-state index contributed by atoms with van der Waals surface area (Å²) >= 11 is 6.78. The second-order valence-corrected chi connectivity index (χ2v) is 3.97. The maximum atomic E-state index is 12.3. The van der Waals surface area contributed by atoms with Gasteiger partial charge in [0, 0.05) is 6.07 Å². The fourth-order valence-corrected chi connectivity index (χ4v) is 1.89. The Balaban J connectivity index is 3.41. The van der Waals surface area contributed by atoms with Crippen molar-refractivity contribution in [3.05, 3.63) is 36.4 Å². The van der Waals surface area contributed by atoms with Crippen LogP contribution >= 0.6 is 34.2 Å². The summed E-state index contributed by atoms with van der Waals surface area (Å²) in [5.74, 6) is 0. The first kappa shape index (κ1) is 12.5. The van der Waals surface area contributed by atoms with E-state index in [0.717, 1.165) is 6.07 Å². The molecule has 0 unspecified atom stereocenters. The van der Waals surface area contributed by atoms with Gasteiger partial charge in [0.1, 0.15) is 5.02 Å². The molecule has 82 valence electrons. The number of nitro groups is 1. The van der Waals surface area contributed by atoms with E-state index in [2.05, 4.69) is 0 Å². The Morgan fingerprint density at radius 1 is 1.40 bits per heavy atom. The van der Waals surface area contributed by atoms with Crippen molar-refractivity contribution in [2.24, 2.45) is 0 Å². The summed E-state index contributed by atoms with van der Waals surface area (Å²) in [7, 11) is 0. The number of nitrogens with zero attached hydrogens (tertiary/aromatic N) is 1. The summed E-state index contributed by atoms with van der Waals surface area (Å²) in [6, 6.07) is 1.39. The zero-order valence-corrected chi connectivity index (χ0v) is 9.72. The van der Waals surface area contributed by atoms with Crippen molar-refractivity contribution >= 4 is 39.9 Å². The van der Waals surface area contributed by atoms with Crippen LogP contribution in [0.2, 0.25) is 5.02 Å². The van der Waals surface area contributed by atoms with E-state index in [-0.39, 0.29) is 3.57 Å². The van der Waals surface area contributed by atoms with Gasteiger partial charge in [-0.25, -0.2) is 0 Å². The number of halogens is 5. The van der Waals surface area contributed by atoms with E-state index in [9.17, 15) is 23.3 Å². The molecule has 1 aromatic rings. The predicted octanol–water partition coefficient (Wildman–Crippen LogP) is 3.87. The van der Waals surface area contributed by atoms with Crippen LogP contribution < -0.4 is 0 Å². The highest BCUT2D eigenvalue weighted by Gasteiger charge is 2.35. The van der Waals surface area contributed by atoms with E-state index in [1.54, 1.807) is 0 Å². The molecule has 0 amide bonds. The molecule has 8 heteroatoms. The minimum Gasteiger partial charge on any atom is -0.258 e. The summed E-state index contributed by atoms with van der Waals surface area (Å²) in [4.78, 5) is 9.54. The van der Waals surface area contributed by atoms with Gasteiger partial charge < -0.3 is 0 Å². The van der Waals surface area contributed by atoms with Gasteiger partial charge in [-0.1, -0.05) is 11.6 Å². The van der Waals surface area contributed by atoms with Crippen molar-refractivity contribution in [3.63, 3.8) is 0 Å². The fraction of sp³-hybridized carbons (Fsp3) is 0.143. The lowest BCUT2D eigenvalue weighted by Crippen LogP contribution is -2.08. The van der Waals surface area contributed by atoms with E-state index >= 15 is 0 Å². The highest BCUT2D eigenvalue weighted by molar-refractivity contribution is 14.1. The van der Waals surface area contributed by atoms with E-state index in [1.807, 2.05) is 0 Å². The normalized spacial score (nSPS) is 11.5. The molecule has 1 rings (SSSR count). The number of benzene rings is 1. The summed E-state index contributed by atoms with van der Waals surface area (Å²) in [5.41, 5.74) is -1.51. The largest absolute Gasteiger partial charge is 0.417 e. The van der Waals surface area contributed by atoms with Crippen molar-refractivity contribution < 1.29 is 18.1 Å². The molecule has 0 saturated heterocycles. The van der Waals surface area contributed by atoms with Crippen molar-refractivity contribution in [2.75, 3.05) is 0 Å². The summed E-state index contributed by atoms with van der Waals surface area (Å²) < 4.78 is 36.6. The van der Waals surface area contributed by atoms with Gasteiger partial charge in [-0.05, 0) is 28.7 Å². The van der Waals surface area contributed by atoms with Crippen LogP contribution in [0.4, 0.5) is 18.9 Å². The van der Waals surface area contributed by atoms with Crippen LogP contribution in [0.3, 0.4) is 0 Å². The highest BCUT2D eigenvalue weighted by Crippen LogP contribution is 2.39. The summed E-state index contributed by atoms with van der Waals surface area (Å²) in [6.07, 6.45) is -4.56. The third-order valence-corrected chi connectivity index (χ3v) is 3.39. The molecule has 0 aliphatic rings. The molecular formula is C7H2ClF3INO2. The van der Waals surface area contributed by atoms with Gasteiger partial charge in [0.2, 0.25) is 0 Å². The highest BCUT2D eigenvalue weighted by atomic mass is 127. The van der Waals surface area contributed by atoms with Gasteiger partial charge in [0.15, 0.2) is 0 Å². The van der Waals surface area contributed by atoms with E-state index in [0.29, 0.717) is 6.07 Å². The minimum absolute atomic E-state index is 0.365. The van der Waals surface area contributed by atoms with E-state index in [1.165, 1.54) is 22.6 Å². The third-order valence-electron chi connectivity index (χ3n) is 1.56. The smallest absolute Gasteiger partial charge is 0.258 e. The van der Waals surface area contributed by atoms with Gasteiger partial charge in [0.25, 0.3) is 5.69 Å². The lowest BCUT2D eigenvalue weighted by atomic mass is 10.2. The molecule has 3 nitrogen and oxygen atoms in total. The third kappa shape index (κ3) is 2.51. The molecular weight excluding hydrogens is 349 g/mol. The Morgan fingerprint density at radius 3 is 2.33 bits per heavy atom. The first-order chi connectivity index (χ1) is 6.75. The molecule has 0 N–H and O–H groups in total. The molecule has 0 heterocycles. The molecule has 0 atom stereocenters. The van der Waals surface area contributed by atoms with Gasteiger partial charge in [-0.3, -0.25) is 10.1 Å². The maximum absolute atomic E-state index is 12.3. The summed E-state index contributed by atoms with van der Waals surface area (Å²) in [5, 5.41) is 9.88. The lowest BCUT2D eigenvalue weighted by molar-refractivity contribution is -0.384. The number of alkyl halides is 3. The standard InChI is InChI=1S/C7H2ClF3INO2/c8-5-4(13(14)15)2-1-3(6(5)12)7(9,10)11/h1-2H. The Labute approximate surface area is 101 Å². The average Bonchev–Trinajstić information content (AvgIpc) is 2.06. The lowest BCUT2D eigenvalue weighted by Gasteiger charge is -2.09. The van der Waals surface area contributed by atoms with Crippen LogP contribution in [0.15, 0.2) is 12.1 Å². The average molecular weight is 351 g/mol. The molecule has 15 heavy (non-hydrogen) atoms. The minimum atomic E-state index is -4.56. The van der Waals surface area contributed by atoms with Gasteiger partial charge in [-0.15, -0.1) is 0 Å². The van der Waals surface area contributed by atoms with Gasteiger partial charge >= 0.3 is 6.18 Å². The number of rotatable bonds is 1. The zero-order chi connectivity index (χ0) is 11.8. The quantitative estimate of drug-likeness (QED) is 0.438. The maximum Gasteiger partial charge on any atom is 0.417 e. The Hall–Kier alpha value is -0.570.